The predicted molar refractivity (Wildman–Crippen MR) is 237 cm³/mol. The van der Waals surface area contributed by atoms with Crippen LogP contribution in [-0.2, 0) is 9.59 Å². The number of hydrogen-bond acceptors (Lipinski definition) is 6. The molecule has 0 aliphatic carbocycles. The normalized spacial score (nSPS) is 16.8. The van der Waals surface area contributed by atoms with Crippen LogP contribution in [0.5, 0.6) is 0 Å². The van der Waals surface area contributed by atoms with E-state index in [4.69, 9.17) is 9.97 Å². The van der Waals surface area contributed by atoms with Gasteiger partial charge in [-0.2, -0.15) is 0 Å². The molecule has 0 saturated carbocycles. The van der Waals surface area contributed by atoms with Crippen molar-refractivity contribution in [3.63, 3.8) is 0 Å². The van der Waals surface area contributed by atoms with Gasteiger partial charge in [0.15, 0.2) is 0 Å². The van der Waals surface area contributed by atoms with E-state index in [2.05, 4.69) is 44.9 Å². The predicted octanol–water partition coefficient (Wildman–Crippen LogP) is 7.26. The van der Waals surface area contributed by atoms with Crippen LogP contribution < -0.4 is 10.6 Å². The summed E-state index contributed by atoms with van der Waals surface area (Å²) >= 11 is 0. The highest BCUT2D eigenvalue weighted by atomic mass is 16.2. The topological polar surface area (TPSA) is 163 Å². The average Bonchev–Trinajstić information content (AvgIpc) is 4.15. The van der Waals surface area contributed by atoms with Crippen LogP contribution in [0.25, 0.3) is 33.6 Å². The van der Waals surface area contributed by atoms with E-state index in [-0.39, 0.29) is 29.9 Å². The van der Waals surface area contributed by atoms with Crippen LogP contribution in [0.3, 0.4) is 0 Å². The highest BCUT2D eigenvalue weighted by molar-refractivity contribution is 5.89. The van der Waals surface area contributed by atoms with Gasteiger partial charge in [0.25, 0.3) is 5.91 Å². The standard InChI is InChI=1S/C48H50N10O4/c1-55(2)47(61)53-41(35-13-7-5-8-14-35)45(59)57-27-11-17-39(57)43-49-29-37(51-43)33-23-19-31(20-24-33)32-21-25-34(26-22-32)38-30-50-44(52-38)40-18-12-28-58(40)46(60)42(54-48(62)56(3)4)36-15-9-6-10-16-36/h5-11,13-17,19-26,29-30,39-42H,12,18,27-28H2,1-4H3,(H,49,51)(H,50,52)(H,53,61)(H,54,62)/t39-,40-,41+,42+/m0/s1. The second-order valence-corrected chi connectivity index (χ2v) is 15.9. The van der Waals surface area contributed by atoms with E-state index < -0.39 is 18.1 Å². The van der Waals surface area contributed by atoms with Gasteiger partial charge in [0, 0.05) is 64.8 Å². The highest BCUT2D eigenvalue weighted by Gasteiger charge is 2.38. The van der Waals surface area contributed by atoms with Crippen LogP contribution in [0.2, 0.25) is 0 Å². The van der Waals surface area contributed by atoms with Crippen molar-refractivity contribution in [1.82, 2.24) is 50.2 Å². The first-order valence-electron chi connectivity index (χ1n) is 20.7. The van der Waals surface area contributed by atoms with Gasteiger partial charge in [0.05, 0.1) is 17.4 Å². The number of carbonyl (C=O) groups excluding carboxylic acids is 4. The molecule has 0 bridgehead atoms. The van der Waals surface area contributed by atoms with E-state index >= 15 is 0 Å². The molecule has 0 spiro atoms. The van der Waals surface area contributed by atoms with Crippen molar-refractivity contribution >= 4 is 23.9 Å². The first-order chi connectivity index (χ1) is 30.0. The van der Waals surface area contributed by atoms with Crippen LogP contribution in [0.1, 0.15) is 59.8 Å². The highest BCUT2D eigenvalue weighted by Crippen LogP contribution is 2.35. The number of H-pyrrole nitrogens is 2. The van der Waals surface area contributed by atoms with Gasteiger partial charge in [-0.05, 0) is 35.1 Å². The summed E-state index contributed by atoms with van der Waals surface area (Å²) in [6.45, 7) is 0.965. The number of rotatable bonds is 11. The molecule has 4 aromatic carbocycles. The van der Waals surface area contributed by atoms with E-state index in [0.29, 0.717) is 30.3 Å². The van der Waals surface area contributed by atoms with E-state index in [0.717, 1.165) is 52.0 Å². The molecule has 0 radical (unpaired) electrons. The lowest BCUT2D eigenvalue weighted by molar-refractivity contribution is -0.135. The Hall–Kier alpha value is -7.48. The maximum absolute atomic E-state index is 14.1. The number of benzene rings is 4. The fourth-order valence-corrected chi connectivity index (χ4v) is 7.96. The van der Waals surface area contributed by atoms with Crippen LogP contribution in [0.15, 0.2) is 134 Å². The van der Waals surface area contributed by atoms with E-state index in [1.807, 2.05) is 114 Å². The molecule has 1 fully saturated rings. The quantitative estimate of drug-likeness (QED) is 0.101. The van der Waals surface area contributed by atoms with Crippen molar-refractivity contribution in [1.29, 1.82) is 0 Å². The number of likely N-dealkylation sites (tertiary alicyclic amines) is 1. The van der Waals surface area contributed by atoms with E-state index in [9.17, 15) is 19.2 Å². The summed E-state index contributed by atoms with van der Waals surface area (Å²) in [4.78, 5) is 76.3. The molecule has 2 aliphatic rings. The van der Waals surface area contributed by atoms with Gasteiger partial charge in [-0.1, -0.05) is 121 Å². The molecule has 6 aromatic rings. The van der Waals surface area contributed by atoms with Gasteiger partial charge in [0.1, 0.15) is 29.8 Å². The minimum absolute atomic E-state index is 0.166. The monoisotopic (exact) mass is 830 g/mol. The molecule has 14 nitrogen and oxygen atoms in total. The molecule has 62 heavy (non-hydrogen) atoms. The fraction of sp³-hybridized carbons (Fsp3) is 0.250. The summed E-state index contributed by atoms with van der Waals surface area (Å²) in [5.74, 6) is 0.952. The minimum Gasteiger partial charge on any atom is -0.346 e. The number of aromatic amines is 2. The van der Waals surface area contributed by atoms with Gasteiger partial charge in [-0.15, -0.1) is 0 Å². The molecule has 2 aliphatic heterocycles. The number of hydrogen-bond donors (Lipinski definition) is 4. The SMILES string of the molecule is CN(C)C(=O)N[C@@H](C(=O)N1CC=C[C@H]1c1nc(-c2ccc(-c3ccc(-c4c[nH]c([C@@H]5CCCN5C(=O)[C@H](NC(=O)N(C)C)c5ccccc5)n4)cc3)cc2)c[nH]1)c1ccccc1. The number of carbonyl (C=O) groups is 4. The molecule has 6 amide bonds. The number of nitrogens with one attached hydrogen (secondary N) is 4. The molecular formula is C48H50N10O4. The van der Waals surface area contributed by atoms with Gasteiger partial charge in [-0.3, -0.25) is 9.59 Å². The Labute approximate surface area is 360 Å². The van der Waals surface area contributed by atoms with Crippen LogP contribution >= 0.6 is 0 Å². The maximum Gasteiger partial charge on any atom is 0.317 e. The van der Waals surface area contributed by atoms with Crippen LogP contribution in [0.4, 0.5) is 9.59 Å². The van der Waals surface area contributed by atoms with E-state index in [1.54, 1.807) is 33.1 Å². The van der Waals surface area contributed by atoms with Crippen molar-refractivity contribution in [3.05, 3.63) is 157 Å². The lowest BCUT2D eigenvalue weighted by Crippen LogP contribution is -2.45. The second kappa shape index (κ2) is 18.0. The van der Waals surface area contributed by atoms with Gasteiger partial charge < -0.3 is 40.2 Å². The Morgan fingerprint density at radius 1 is 0.613 bits per heavy atom. The Morgan fingerprint density at radius 3 is 1.56 bits per heavy atom. The molecule has 316 valence electrons. The zero-order valence-corrected chi connectivity index (χ0v) is 35.2. The van der Waals surface area contributed by atoms with Crippen molar-refractivity contribution in [3.8, 4) is 33.6 Å². The summed E-state index contributed by atoms with van der Waals surface area (Å²) in [5.41, 5.74) is 6.90. The Balaban J connectivity index is 0.930. The lowest BCUT2D eigenvalue weighted by Gasteiger charge is -2.29. The fourth-order valence-electron chi connectivity index (χ4n) is 7.96. The third-order valence-corrected chi connectivity index (χ3v) is 11.4. The summed E-state index contributed by atoms with van der Waals surface area (Å²) in [7, 11) is 6.59. The molecular weight excluding hydrogens is 781 g/mol. The smallest absolute Gasteiger partial charge is 0.317 e. The summed E-state index contributed by atoms with van der Waals surface area (Å²) in [6.07, 6.45) is 9.21. The van der Waals surface area contributed by atoms with E-state index in [1.165, 1.54) is 9.80 Å². The minimum atomic E-state index is -0.856. The Morgan fingerprint density at radius 2 is 1.06 bits per heavy atom. The number of imidazole rings is 2. The van der Waals surface area contributed by atoms with Gasteiger partial charge in [0.2, 0.25) is 5.91 Å². The van der Waals surface area contributed by atoms with Gasteiger partial charge in [-0.25, -0.2) is 19.6 Å². The first kappa shape index (κ1) is 41.3. The largest absolute Gasteiger partial charge is 0.346 e. The molecule has 1 saturated heterocycles. The zero-order valence-electron chi connectivity index (χ0n) is 35.2. The summed E-state index contributed by atoms with van der Waals surface area (Å²) in [6, 6.07) is 31.9. The molecule has 2 aromatic heterocycles. The van der Waals surface area contributed by atoms with Crippen LogP contribution in [0, 0.1) is 0 Å². The number of amides is 6. The molecule has 4 heterocycles. The molecule has 4 N–H and O–H groups in total. The zero-order chi connectivity index (χ0) is 43.3. The van der Waals surface area contributed by atoms with Gasteiger partial charge >= 0.3 is 12.1 Å². The Bertz CT molecular complexity index is 2550. The van der Waals surface area contributed by atoms with Crippen molar-refractivity contribution in [2.24, 2.45) is 0 Å². The Kier molecular flexibility index (Phi) is 12.0. The van der Waals surface area contributed by atoms with Crippen molar-refractivity contribution in [2.45, 2.75) is 37.0 Å². The number of nitrogens with zero attached hydrogens (tertiary/aromatic N) is 6. The summed E-state index contributed by atoms with van der Waals surface area (Å²) in [5, 5.41) is 5.79. The lowest BCUT2D eigenvalue weighted by atomic mass is 10.0. The number of urea groups is 2. The molecule has 0 unspecified atom stereocenters. The average molecular weight is 831 g/mol. The number of aromatic nitrogens is 4. The molecule has 14 heteroatoms. The molecule has 4 atom stereocenters. The van der Waals surface area contributed by atoms with Crippen LogP contribution in [-0.4, -0.2) is 105 Å². The second-order valence-electron chi connectivity index (χ2n) is 15.9. The third kappa shape index (κ3) is 8.71. The first-order valence-corrected chi connectivity index (χ1v) is 20.7. The molecule has 8 rings (SSSR count). The maximum atomic E-state index is 14.1. The van der Waals surface area contributed by atoms with Crippen molar-refractivity contribution < 1.29 is 19.2 Å². The summed E-state index contributed by atoms with van der Waals surface area (Å²) < 4.78 is 0. The van der Waals surface area contributed by atoms with Crippen molar-refractivity contribution in [2.75, 3.05) is 41.3 Å². The third-order valence-electron chi connectivity index (χ3n) is 11.4.